The molecular weight excluding hydrogens is 410 g/mol. The van der Waals surface area contributed by atoms with E-state index in [1.807, 2.05) is 30.3 Å². The van der Waals surface area contributed by atoms with Gasteiger partial charge in [0.1, 0.15) is 5.82 Å². The molecule has 0 saturated carbocycles. The van der Waals surface area contributed by atoms with Gasteiger partial charge >= 0.3 is 0 Å². The standard InChI is InChI=1S/C27H27N5O/c1-27(2)17-28-16-20-14-21(8-9-23(20)27)32-26(33)22-6-4-12-30-25(22)31-15-18-7-10-24-19(13-18)5-3-11-29-24/h3-14,28H,15-17H2,1-2H3,(H,30,31)(H,32,33). The lowest BCUT2D eigenvalue weighted by Crippen LogP contribution is -2.38. The highest BCUT2D eigenvalue weighted by molar-refractivity contribution is 6.07. The molecule has 3 heterocycles. The number of nitrogens with one attached hydrogen (secondary N) is 3. The number of nitrogens with zero attached hydrogens (tertiary/aromatic N) is 2. The van der Waals surface area contributed by atoms with Gasteiger partial charge in [-0.2, -0.15) is 0 Å². The number of pyridine rings is 2. The number of anilines is 2. The number of hydrogen-bond acceptors (Lipinski definition) is 5. The van der Waals surface area contributed by atoms with Gasteiger partial charge in [-0.05, 0) is 59.2 Å². The van der Waals surface area contributed by atoms with E-state index >= 15 is 0 Å². The van der Waals surface area contributed by atoms with Crippen molar-refractivity contribution in [3.63, 3.8) is 0 Å². The van der Waals surface area contributed by atoms with Crippen LogP contribution in [0.4, 0.5) is 11.5 Å². The Morgan fingerprint density at radius 1 is 1.03 bits per heavy atom. The van der Waals surface area contributed by atoms with Gasteiger partial charge in [-0.25, -0.2) is 4.98 Å². The number of rotatable bonds is 5. The minimum absolute atomic E-state index is 0.0788. The van der Waals surface area contributed by atoms with Crippen molar-refractivity contribution in [2.24, 2.45) is 0 Å². The first-order chi connectivity index (χ1) is 16.0. The molecule has 6 nitrogen and oxygen atoms in total. The Bertz CT molecular complexity index is 1330. The molecule has 166 valence electrons. The van der Waals surface area contributed by atoms with Crippen LogP contribution in [-0.4, -0.2) is 22.4 Å². The van der Waals surface area contributed by atoms with Crippen molar-refractivity contribution >= 4 is 28.3 Å². The lowest BCUT2D eigenvalue weighted by molar-refractivity contribution is 0.102. The lowest BCUT2D eigenvalue weighted by atomic mass is 9.79. The van der Waals surface area contributed by atoms with E-state index in [1.54, 1.807) is 24.5 Å². The minimum atomic E-state index is -0.184. The first kappa shape index (κ1) is 21.1. The molecular formula is C27H27N5O. The van der Waals surface area contributed by atoms with Crippen LogP contribution >= 0.6 is 0 Å². The average Bonchev–Trinajstić information content (AvgIpc) is 2.82. The van der Waals surface area contributed by atoms with Gasteiger partial charge in [0.05, 0.1) is 11.1 Å². The van der Waals surface area contributed by atoms with Crippen LogP contribution in [0.3, 0.4) is 0 Å². The Morgan fingerprint density at radius 3 is 2.79 bits per heavy atom. The monoisotopic (exact) mass is 437 g/mol. The summed E-state index contributed by atoms with van der Waals surface area (Å²) in [7, 11) is 0. The van der Waals surface area contributed by atoms with E-state index in [9.17, 15) is 4.79 Å². The van der Waals surface area contributed by atoms with Crippen LogP contribution in [0.25, 0.3) is 10.9 Å². The quantitative estimate of drug-likeness (QED) is 0.415. The maximum atomic E-state index is 13.1. The molecule has 0 bridgehead atoms. The zero-order valence-corrected chi connectivity index (χ0v) is 18.9. The summed E-state index contributed by atoms with van der Waals surface area (Å²) in [5.74, 6) is 0.373. The molecule has 2 aromatic carbocycles. The highest BCUT2D eigenvalue weighted by atomic mass is 16.1. The van der Waals surface area contributed by atoms with Gasteiger partial charge in [-0.1, -0.05) is 32.0 Å². The van der Waals surface area contributed by atoms with Crippen LogP contribution in [0.15, 0.2) is 73.1 Å². The summed E-state index contributed by atoms with van der Waals surface area (Å²) in [4.78, 5) is 21.9. The number of carbonyl (C=O) groups is 1. The molecule has 0 unspecified atom stereocenters. The molecule has 2 aromatic heterocycles. The number of hydrogen-bond donors (Lipinski definition) is 3. The van der Waals surface area contributed by atoms with Gasteiger partial charge in [-0.3, -0.25) is 9.78 Å². The fraction of sp³-hybridized carbons (Fsp3) is 0.222. The molecule has 0 radical (unpaired) electrons. The SMILES string of the molecule is CC1(C)CNCc2cc(NC(=O)c3cccnc3NCc3ccc4ncccc4c3)ccc21. The van der Waals surface area contributed by atoms with E-state index in [4.69, 9.17) is 0 Å². The van der Waals surface area contributed by atoms with Crippen LogP contribution in [0, 0.1) is 0 Å². The summed E-state index contributed by atoms with van der Waals surface area (Å²) in [5, 5.41) is 10.9. The van der Waals surface area contributed by atoms with Gasteiger partial charge < -0.3 is 16.0 Å². The fourth-order valence-corrected chi connectivity index (χ4v) is 4.43. The topological polar surface area (TPSA) is 78.9 Å². The van der Waals surface area contributed by atoms with Gasteiger partial charge in [0.25, 0.3) is 5.91 Å². The highest BCUT2D eigenvalue weighted by Gasteiger charge is 2.27. The van der Waals surface area contributed by atoms with Crippen molar-refractivity contribution in [3.8, 4) is 0 Å². The van der Waals surface area contributed by atoms with Crippen molar-refractivity contribution in [3.05, 3.63) is 95.3 Å². The van der Waals surface area contributed by atoms with Crippen LogP contribution < -0.4 is 16.0 Å². The van der Waals surface area contributed by atoms with E-state index in [0.717, 1.165) is 35.2 Å². The Morgan fingerprint density at radius 2 is 1.88 bits per heavy atom. The van der Waals surface area contributed by atoms with Crippen molar-refractivity contribution in [1.82, 2.24) is 15.3 Å². The van der Waals surface area contributed by atoms with Gasteiger partial charge in [0.15, 0.2) is 0 Å². The maximum absolute atomic E-state index is 13.1. The molecule has 0 aliphatic carbocycles. The fourth-order valence-electron chi connectivity index (χ4n) is 4.43. The second-order valence-corrected chi connectivity index (χ2v) is 9.10. The van der Waals surface area contributed by atoms with Crippen LogP contribution in [-0.2, 0) is 18.5 Å². The van der Waals surface area contributed by atoms with E-state index in [0.29, 0.717) is 17.9 Å². The molecule has 33 heavy (non-hydrogen) atoms. The first-order valence-corrected chi connectivity index (χ1v) is 11.2. The molecule has 1 aliphatic heterocycles. The van der Waals surface area contributed by atoms with Crippen molar-refractivity contribution in [2.75, 3.05) is 17.2 Å². The molecule has 5 rings (SSSR count). The third kappa shape index (κ3) is 4.43. The molecule has 0 saturated heterocycles. The minimum Gasteiger partial charge on any atom is -0.365 e. The molecule has 0 spiro atoms. The summed E-state index contributed by atoms with van der Waals surface area (Å²) in [6.45, 7) is 6.78. The van der Waals surface area contributed by atoms with Gasteiger partial charge in [-0.15, -0.1) is 0 Å². The zero-order valence-electron chi connectivity index (χ0n) is 18.9. The van der Waals surface area contributed by atoms with Crippen molar-refractivity contribution in [1.29, 1.82) is 0 Å². The summed E-state index contributed by atoms with van der Waals surface area (Å²) in [5.41, 5.74) is 5.98. The third-order valence-electron chi connectivity index (χ3n) is 6.15. The summed E-state index contributed by atoms with van der Waals surface area (Å²) >= 11 is 0. The Kier molecular flexibility index (Phi) is 5.52. The van der Waals surface area contributed by atoms with E-state index in [-0.39, 0.29) is 11.3 Å². The van der Waals surface area contributed by atoms with E-state index in [2.05, 4.69) is 58.0 Å². The summed E-state index contributed by atoms with van der Waals surface area (Å²) in [6.07, 6.45) is 3.48. The maximum Gasteiger partial charge on any atom is 0.259 e. The number of amides is 1. The largest absolute Gasteiger partial charge is 0.365 e. The van der Waals surface area contributed by atoms with Gasteiger partial charge in [0.2, 0.25) is 0 Å². The zero-order chi connectivity index (χ0) is 22.8. The Balaban J connectivity index is 1.32. The number of fused-ring (bicyclic) bond motifs is 2. The second-order valence-electron chi connectivity index (χ2n) is 9.10. The lowest BCUT2D eigenvalue weighted by Gasteiger charge is -2.33. The predicted octanol–water partition coefficient (Wildman–Crippen LogP) is 4.88. The third-order valence-corrected chi connectivity index (χ3v) is 6.15. The summed E-state index contributed by atoms with van der Waals surface area (Å²) in [6, 6.07) is 19.9. The first-order valence-electron chi connectivity index (χ1n) is 11.2. The van der Waals surface area contributed by atoms with Crippen molar-refractivity contribution in [2.45, 2.75) is 32.4 Å². The molecule has 4 aromatic rings. The predicted molar refractivity (Wildman–Crippen MR) is 132 cm³/mol. The van der Waals surface area contributed by atoms with Crippen molar-refractivity contribution < 1.29 is 4.79 Å². The molecule has 6 heteroatoms. The molecule has 1 amide bonds. The Labute approximate surface area is 193 Å². The second kappa shape index (κ2) is 8.64. The molecule has 0 atom stereocenters. The molecule has 3 N–H and O–H groups in total. The van der Waals surface area contributed by atoms with Crippen LogP contribution in [0.5, 0.6) is 0 Å². The normalized spacial score (nSPS) is 14.5. The smallest absolute Gasteiger partial charge is 0.259 e. The van der Waals surface area contributed by atoms with Crippen LogP contribution in [0.1, 0.15) is 40.9 Å². The van der Waals surface area contributed by atoms with Gasteiger partial charge in [0, 0.05) is 48.5 Å². The number of benzene rings is 2. The highest BCUT2D eigenvalue weighted by Crippen LogP contribution is 2.31. The molecule has 1 aliphatic rings. The molecule has 0 fully saturated rings. The van der Waals surface area contributed by atoms with E-state index in [1.165, 1.54) is 11.1 Å². The van der Waals surface area contributed by atoms with E-state index < -0.39 is 0 Å². The number of aromatic nitrogens is 2. The average molecular weight is 438 g/mol. The van der Waals surface area contributed by atoms with Crippen LogP contribution in [0.2, 0.25) is 0 Å². The number of carbonyl (C=O) groups excluding carboxylic acids is 1. The summed E-state index contributed by atoms with van der Waals surface area (Å²) < 4.78 is 0. The Hall–Kier alpha value is -3.77.